The molecule has 0 aliphatic heterocycles. The van der Waals surface area contributed by atoms with Gasteiger partial charge in [-0.15, -0.1) is 0 Å². The summed E-state index contributed by atoms with van der Waals surface area (Å²) in [6, 6.07) is 18.4. The molecule has 1 aliphatic rings. The number of aromatic hydroxyl groups is 2. The number of phenolic OH excluding ortho intramolecular Hbond substituents is 2. The van der Waals surface area contributed by atoms with Gasteiger partial charge in [0.05, 0.1) is 0 Å². The molecule has 0 radical (unpaired) electrons. The zero-order chi connectivity index (χ0) is 31.0. The van der Waals surface area contributed by atoms with Crippen LogP contribution in [0.3, 0.4) is 0 Å². The van der Waals surface area contributed by atoms with E-state index in [0.29, 0.717) is 23.3 Å². The summed E-state index contributed by atoms with van der Waals surface area (Å²) >= 11 is 2.11. The van der Waals surface area contributed by atoms with Gasteiger partial charge in [-0.05, 0) is 10.8 Å². The third-order valence-corrected chi connectivity index (χ3v) is 9.61. The van der Waals surface area contributed by atoms with Crippen molar-refractivity contribution in [1.82, 2.24) is 0 Å². The average Bonchev–Trinajstić information content (AvgIpc) is 3.35. The van der Waals surface area contributed by atoms with E-state index >= 15 is 0 Å². The van der Waals surface area contributed by atoms with Crippen LogP contribution in [-0.2, 0) is 30.2 Å². The Bertz CT molecular complexity index is 1390. The quantitative estimate of drug-likeness (QED) is 0.207. The van der Waals surface area contributed by atoms with Crippen LogP contribution in [0, 0.1) is 23.7 Å². The van der Waals surface area contributed by atoms with Crippen molar-refractivity contribution in [2.45, 2.75) is 92.4 Å². The second-order valence-electron chi connectivity index (χ2n) is 15.2. The molecule has 224 valence electrons. The summed E-state index contributed by atoms with van der Waals surface area (Å²) in [5.74, 6) is 1.88. The number of hydrogen-bond donors (Lipinski definition) is 2. The van der Waals surface area contributed by atoms with Gasteiger partial charge in [-0.3, -0.25) is 0 Å². The van der Waals surface area contributed by atoms with E-state index in [9.17, 15) is 10.2 Å². The Morgan fingerprint density at radius 2 is 1.12 bits per heavy atom. The van der Waals surface area contributed by atoms with Gasteiger partial charge in [-0.25, -0.2) is 0 Å². The Labute approximate surface area is 265 Å². The van der Waals surface area contributed by atoms with Crippen LogP contribution in [0.15, 0.2) is 66.2 Å². The molecular weight excluding hydrogens is 596 g/mol. The Kier molecular flexibility index (Phi) is 9.39. The van der Waals surface area contributed by atoms with Gasteiger partial charge >= 0.3 is 202 Å². The van der Waals surface area contributed by atoms with E-state index in [2.05, 4.69) is 111 Å². The Morgan fingerprint density at radius 3 is 1.52 bits per heavy atom. The summed E-state index contributed by atoms with van der Waals surface area (Å²) in [4.78, 5) is 0. The van der Waals surface area contributed by atoms with E-state index < -0.39 is 0 Å². The van der Waals surface area contributed by atoms with Crippen LogP contribution >= 0.6 is 0 Å². The van der Waals surface area contributed by atoms with E-state index in [1.165, 1.54) is 24.8 Å². The van der Waals surface area contributed by atoms with E-state index in [1.54, 1.807) is 0 Å². The first-order chi connectivity index (χ1) is 19.5. The first-order valence-electron chi connectivity index (χ1n) is 15.3. The van der Waals surface area contributed by atoms with Crippen LogP contribution in [0.5, 0.6) is 11.5 Å². The number of rotatable bonds is 6. The van der Waals surface area contributed by atoms with Crippen molar-refractivity contribution in [2.75, 3.05) is 0 Å². The van der Waals surface area contributed by atoms with Gasteiger partial charge in [0.15, 0.2) is 0 Å². The molecule has 1 aliphatic carbocycles. The van der Waals surface area contributed by atoms with Gasteiger partial charge in [0.1, 0.15) is 0 Å². The van der Waals surface area contributed by atoms with E-state index in [4.69, 9.17) is 0 Å². The normalized spacial score (nSPS) is 18.3. The molecule has 0 amide bonds. The van der Waals surface area contributed by atoms with Crippen LogP contribution in [0.2, 0.25) is 0 Å². The number of benzene rings is 3. The molecule has 0 saturated heterocycles. The summed E-state index contributed by atoms with van der Waals surface area (Å²) in [6.45, 7) is 19.7. The third kappa shape index (κ3) is 6.97. The molecule has 1 fully saturated rings. The third-order valence-electron chi connectivity index (χ3n) is 8.66. The number of hydrogen-bond acceptors (Lipinski definition) is 2. The van der Waals surface area contributed by atoms with Gasteiger partial charge in [-0.1, -0.05) is 53.7 Å². The van der Waals surface area contributed by atoms with Crippen molar-refractivity contribution in [2.24, 2.45) is 17.3 Å². The molecule has 0 aromatic heterocycles. The minimum absolute atomic E-state index is 0.0797. The van der Waals surface area contributed by atoms with Gasteiger partial charge in [0, 0.05) is 0 Å². The second-order valence-corrected chi connectivity index (χ2v) is 15.8. The summed E-state index contributed by atoms with van der Waals surface area (Å²) in [5, 5.41) is 23.3. The van der Waals surface area contributed by atoms with Crippen LogP contribution in [-0.4, -0.2) is 14.6 Å². The standard InChI is InChI=1S/C39H49O2.Mo/c1-25-20-21-26(22-25)23-27(37(2,3)4)24-32-28(30-16-12-18-33(35(30)40)38(5,6)7)14-11-15-29(32)31-17-13-19-34(36(31)41)39(8,9)10;/h1,11-19,23-26,40-41H,20-22H2,2-10H3;/q-1;/b27-23+;. The molecule has 3 heteroatoms. The summed E-state index contributed by atoms with van der Waals surface area (Å²) in [5.41, 5.74) is 7.26. The van der Waals surface area contributed by atoms with Crippen molar-refractivity contribution >= 4 is 4.40 Å². The monoisotopic (exact) mass is 647 g/mol. The molecule has 1 saturated carbocycles. The van der Waals surface area contributed by atoms with Crippen LogP contribution < -0.4 is 0 Å². The van der Waals surface area contributed by atoms with E-state index in [-0.39, 0.29) is 16.2 Å². The van der Waals surface area contributed by atoms with Gasteiger partial charge in [-0.2, -0.15) is 0 Å². The summed E-state index contributed by atoms with van der Waals surface area (Å²) in [7, 11) is 0. The first kappa shape index (κ1) is 32.3. The molecule has 0 spiro atoms. The first-order valence-corrected chi connectivity index (χ1v) is 16.5. The molecule has 0 bridgehead atoms. The molecule has 2 atom stereocenters. The van der Waals surface area contributed by atoms with E-state index in [1.807, 2.05) is 42.5 Å². The van der Waals surface area contributed by atoms with Gasteiger partial charge in [0.2, 0.25) is 0 Å². The Balaban J connectivity index is 1.99. The molecule has 4 rings (SSSR count). The molecular formula is C39H49MoO2-. The van der Waals surface area contributed by atoms with Crippen molar-refractivity contribution in [3.05, 3.63) is 89.4 Å². The SMILES string of the molecule is CC(C)(C)/C(=C/C1CCC([CH]=[Mo])C1)[CH-]c1c(-c2cccc(C(C)(C)C)c2O)cccc1-c1cccc(C(C)(C)C)c1O. The fourth-order valence-corrected chi connectivity index (χ4v) is 6.78. The number of allylic oxidation sites excluding steroid dienone is 2. The molecule has 3 aromatic carbocycles. The second kappa shape index (κ2) is 12.2. The molecule has 3 aromatic rings. The fourth-order valence-electron chi connectivity index (χ4n) is 6.17. The van der Waals surface area contributed by atoms with Gasteiger partial charge < -0.3 is 0 Å². The Morgan fingerprint density at radius 1 is 0.690 bits per heavy atom. The maximum atomic E-state index is 11.7. The number of phenols is 2. The van der Waals surface area contributed by atoms with Crippen molar-refractivity contribution in [1.29, 1.82) is 0 Å². The predicted molar refractivity (Wildman–Crippen MR) is 176 cm³/mol. The summed E-state index contributed by atoms with van der Waals surface area (Å²) < 4.78 is 2.37. The molecule has 42 heavy (non-hydrogen) atoms. The fraction of sp³-hybridized carbons (Fsp3) is 0.436. The average molecular weight is 646 g/mol. The van der Waals surface area contributed by atoms with Crippen molar-refractivity contribution < 1.29 is 29.6 Å². The van der Waals surface area contributed by atoms with Gasteiger partial charge in [0.25, 0.3) is 0 Å². The molecule has 2 nitrogen and oxygen atoms in total. The minimum atomic E-state index is -0.202. The Hall–Kier alpha value is -2.57. The summed E-state index contributed by atoms with van der Waals surface area (Å²) in [6.07, 6.45) is 8.49. The molecule has 2 N–H and O–H groups in total. The van der Waals surface area contributed by atoms with Crippen LogP contribution in [0.1, 0.15) is 98.3 Å². The zero-order valence-corrected chi connectivity index (χ0v) is 29.0. The molecule has 0 heterocycles. The number of para-hydroxylation sites is 2. The van der Waals surface area contributed by atoms with E-state index in [0.717, 1.165) is 38.9 Å². The van der Waals surface area contributed by atoms with Crippen LogP contribution in [0.25, 0.3) is 22.3 Å². The maximum absolute atomic E-state index is 11.7. The topological polar surface area (TPSA) is 40.5 Å². The van der Waals surface area contributed by atoms with Crippen molar-refractivity contribution in [3.63, 3.8) is 0 Å². The predicted octanol–water partition coefficient (Wildman–Crippen LogP) is 10.3. The van der Waals surface area contributed by atoms with Crippen LogP contribution in [0.4, 0.5) is 0 Å². The zero-order valence-electron chi connectivity index (χ0n) is 27.0. The molecule has 2 unspecified atom stereocenters. The van der Waals surface area contributed by atoms with Crippen molar-refractivity contribution in [3.8, 4) is 33.8 Å².